The third-order valence-corrected chi connectivity index (χ3v) is 8.24. The van der Waals surface area contributed by atoms with Crippen molar-refractivity contribution in [1.82, 2.24) is 4.98 Å². The molecule has 0 radical (unpaired) electrons. The van der Waals surface area contributed by atoms with Gasteiger partial charge in [0.1, 0.15) is 0 Å². The van der Waals surface area contributed by atoms with E-state index >= 15 is 0 Å². The summed E-state index contributed by atoms with van der Waals surface area (Å²) in [5.74, 6) is 0.368. The van der Waals surface area contributed by atoms with E-state index in [0.29, 0.717) is 5.92 Å². The van der Waals surface area contributed by atoms with E-state index < -0.39 is 11.7 Å². The molecule has 0 amide bonds. The molecule has 1 heterocycles. The zero-order chi connectivity index (χ0) is 39.2. The molecule has 290 valence electrons. The highest BCUT2D eigenvalue weighted by Gasteiger charge is 2.29. The molecule has 0 spiro atoms. The average molecular weight is 734 g/mol. The molecule has 1 unspecified atom stereocenters. The molecule has 1 atom stereocenters. The minimum absolute atomic E-state index is 0.368. The first-order chi connectivity index (χ1) is 24.2. The monoisotopic (exact) mass is 733 g/mol. The number of benzene rings is 1. The predicted molar refractivity (Wildman–Crippen MR) is 225 cm³/mol. The zero-order valence-electron chi connectivity index (χ0n) is 34.0. The highest BCUT2D eigenvalue weighted by atomic mass is 35.5. The third-order valence-electron chi connectivity index (χ3n) is 8.01. The van der Waals surface area contributed by atoms with E-state index in [4.69, 9.17) is 11.6 Å². The van der Waals surface area contributed by atoms with E-state index in [1.54, 1.807) is 6.92 Å². The van der Waals surface area contributed by atoms with Gasteiger partial charge in [0.2, 0.25) is 0 Å². The largest absolute Gasteiger partial charge is 0.415 e. The smallest absolute Gasteiger partial charge is 0.358 e. The number of unbranched alkanes of at least 4 members (excludes halogenated alkanes) is 5. The van der Waals surface area contributed by atoms with Crippen molar-refractivity contribution in [3.63, 3.8) is 0 Å². The Morgan fingerprint density at radius 1 is 0.863 bits per heavy atom. The summed E-state index contributed by atoms with van der Waals surface area (Å²) in [5, 5.41) is 2.12. The van der Waals surface area contributed by atoms with Crippen molar-refractivity contribution >= 4 is 28.2 Å². The number of hydrogen-bond donors (Lipinski definition) is 1. The number of aryl methyl sites for hydroxylation is 1. The van der Waals surface area contributed by atoms with Crippen molar-refractivity contribution in [3.8, 4) is 0 Å². The van der Waals surface area contributed by atoms with Gasteiger partial charge in [-0.05, 0) is 87.8 Å². The maximum Gasteiger partial charge on any atom is 0.415 e. The second-order valence-electron chi connectivity index (χ2n) is 13.2. The summed E-state index contributed by atoms with van der Waals surface area (Å²) in [6.45, 7) is 28.1. The van der Waals surface area contributed by atoms with Gasteiger partial charge < -0.3 is 4.98 Å². The number of nitrogens with one attached hydrogen (secondary N) is 1. The summed E-state index contributed by atoms with van der Waals surface area (Å²) < 4.78 is 35.8. The fourth-order valence-corrected chi connectivity index (χ4v) is 5.28. The first-order valence-electron chi connectivity index (χ1n) is 19.4. The number of aromatic amines is 1. The fourth-order valence-electron chi connectivity index (χ4n) is 5.11. The van der Waals surface area contributed by atoms with E-state index in [0.717, 1.165) is 55.1 Å². The van der Waals surface area contributed by atoms with Crippen LogP contribution in [0.4, 0.5) is 13.2 Å². The number of nitrogens with zero attached hydrogens (tertiary/aromatic N) is 1. The van der Waals surface area contributed by atoms with Crippen molar-refractivity contribution in [2.24, 2.45) is 4.99 Å². The molecule has 2 rings (SSSR count). The molecule has 2 aromatic rings. The highest BCUT2D eigenvalue weighted by Crippen LogP contribution is 2.35. The van der Waals surface area contributed by atoms with Crippen LogP contribution in [0.3, 0.4) is 0 Å². The quantitative estimate of drug-likeness (QED) is 0.0684. The standard InChI is InChI=1S/C24H34ClN.C10H14F3N.C6H12.C5H12/c1-5-8-11-14-21-22-17-20(25)15-16-23(22)26-24(21)18(4)19(12-9-6-2)13-10-7-3;1-4-5-9(3)14-7-6-8(2)10(11,12)13;1-4-5-6(2)3;1-3-5-4-2/h9,12-13,15-18,26H,5-8,10-11,14H2,1-4H3;6-7H,2,4-5H2,1,3H3;2,4-5H2,1,3H3;3-5H2,1-2H3/b12-9-,19-13+;7-6-,14-9?;;. The number of hydrogen-bond acceptors (Lipinski definition) is 1. The van der Waals surface area contributed by atoms with Crippen LogP contribution in [0.2, 0.25) is 5.02 Å². The lowest BCUT2D eigenvalue weighted by Gasteiger charge is -2.15. The molecule has 1 N–H and O–H groups in total. The molecule has 0 aliphatic carbocycles. The maximum atomic E-state index is 11.9. The Bertz CT molecular complexity index is 1340. The number of H-pyrrole nitrogens is 1. The molecule has 0 aliphatic heterocycles. The van der Waals surface area contributed by atoms with Crippen LogP contribution in [0.1, 0.15) is 170 Å². The van der Waals surface area contributed by atoms with Crippen molar-refractivity contribution < 1.29 is 13.2 Å². The topological polar surface area (TPSA) is 28.1 Å². The minimum atomic E-state index is -4.36. The van der Waals surface area contributed by atoms with Gasteiger partial charge in [0.25, 0.3) is 0 Å². The van der Waals surface area contributed by atoms with Crippen LogP contribution in [-0.4, -0.2) is 16.9 Å². The Morgan fingerprint density at radius 2 is 1.49 bits per heavy atom. The van der Waals surface area contributed by atoms with Gasteiger partial charge >= 0.3 is 6.18 Å². The van der Waals surface area contributed by atoms with E-state index in [2.05, 4.69) is 109 Å². The molecule has 2 nitrogen and oxygen atoms in total. The van der Waals surface area contributed by atoms with Crippen molar-refractivity contribution in [3.05, 3.63) is 94.9 Å². The second kappa shape index (κ2) is 30.8. The molecular weight excluding hydrogens is 661 g/mol. The fraction of sp³-hybridized carbons (Fsp3) is 0.578. The third kappa shape index (κ3) is 24.2. The normalized spacial score (nSPS) is 12.6. The maximum absolute atomic E-state index is 11.9. The number of fused-ring (bicyclic) bond motifs is 1. The van der Waals surface area contributed by atoms with E-state index in [-0.39, 0.29) is 0 Å². The van der Waals surface area contributed by atoms with Gasteiger partial charge in [-0.15, -0.1) is 6.58 Å². The van der Waals surface area contributed by atoms with E-state index in [9.17, 15) is 13.2 Å². The van der Waals surface area contributed by atoms with E-state index in [1.807, 2.05) is 13.0 Å². The van der Waals surface area contributed by atoms with Gasteiger partial charge in [0.15, 0.2) is 0 Å². The molecule has 0 saturated carbocycles. The Hall–Kier alpha value is -2.79. The predicted octanol–water partition coefficient (Wildman–Crippen LogP) is 16.8. The van der Waals surface area contributed by atoms with Gasteiger partial charge in [-0.2, -0.15) is 13.2 Å². The summed E-state index contributed by atoms with van der Waals surface area (Å²) in [4.78, 5) is 7.56. The van der Waals surface area contributed by atoms with Crippen molar-refractivity contribution in [2.45, 2.75) is 171 Å². The molecule has 6 heteroatoms. The summed E-state index contributed by atoms with van der Waals surface area (Å²) in [6.07, 6.45) is 21.1. The number of allylic oxidation sites excluding steroid dienone is 7. The van der Waals surface area contributed by atoms with Gasteiger partial charge in [-0.25, -0.2) is 0 Å². The molecule has 0 saturated heterocycles. The molecule has 0 aliphatic rings. The Morgan fingerprint density at radius 3 is 1.96 bits per heavy atom. The van der Waals surface area contributed by atoms with Gasteiger partial charge in [-0.3, -0.25) is 4.99 Å². The van der Waals surface area contributed by atoms with Crippen LogP contribution in [0, 0.1) is 0 Å². The summed E-state index contributed by atoms with van der Waals surface area (Å²) in [6, 6.07) is 6.23. The van der Waals surface area contributed by atoms with Crippen molar-refractivity contribution in [1.29, 1.82) is 0 Å². The van der Waals surface area contributed by atoms with Gasteiger partial charge in [0, 0.05) is 45.0 Å². The van der Waals surface area contributed by atoms with Gasteiger partial charge in [-0.1, -0.05) is 149 Å². The molecule has 0 bridgehead atoms. The number of halogens is 4. The lowest BCUT2D eigenvalue weighted by Crippen LogP contribution is -2.08. The summed E-state index contributed by atoms with van der Waals surface area (Å²) in [5.41, 5.74) is 6.67. The summed E-state index contributed by atoms with van der Waals surface area (Å²) >= 11 is 6.30. The first-order valence-corrected chi connectivity index (χ1v) is 19.8. The molecule has 0 fully saturated rings. The lowest BCUT2D eigenvalue weighted by atomic mass is 9.91. The number of aromatic nitrogens is 1. The van der Waals surface area contributed by atoms with Crippen LogP contribution in [0.25, 0.3) is 10.9 Å². The van der Waals surface area contributed by atoms with E-state index in [1.165, 1.54) is 91.1 Å². The van der Waals surface area contributed by atoms with Crippen LogP contribution in [0.15, 0.2) is 83.6 Å². The Balaban J connectivity index is 0. The molecular formula is C45H72ClF3N2. The SMILES string of the molecule is C=C(/C=C\N=C(C)CCC)C(F)(F)F.C=C(C)CCC.CC/C=C\C(=C/CCC)C(C)c1[nH]c2ccc(Cl)cc2c1CCCCC.CCCCC. The highest BCUT2D eigenvalue weighted by molar-refractivity contribution is 6.31. The minimum Gasteiger partial charge on any atom is -0.358 e. The van der Waals surface area contributed by atoms with Crippen molar-refractivity contribution in [2.75, 3.05) is 0 Å². The van der Waals surface area contributed by atoms with Crippen LogP contribution < -0.4 is 0 Å². The zero-order valence-corrected chi connectivity index (χ0v) is 34.7. The first kappa shape index (κ1) is 50.3. The van der Waals surface area contributed by atoms with Crippen LogP contribution in [0.5, 0.6) is 0 Å². The molecule has 1 aromatic carbocycles. The lowest BCUT2D eigenvalue weighted by molar-refractivity contribution is -0.0878. The number of rotatable bonds is 18. The Kier molecular flexibility index (Phi) is 30.4. The summed E-state index contributed by atoms with van der Waals surface area (Å²) in [7, 11) is 0. The second-order valence-corrected chi connectivity index (χ2v) is 13.6. The number of alkyl halides is 3. The molecule has 51 heavy (non-hydrogen) atoms. The molecule has 1 aromatic heterocycles. The Labute approximate surface area is 316 Å². The van der Waals surface area contributed by atoms with Gasteiger partial charge in [0.05, 0.1) is 0 Å². The van der Waals surface area contributed by atoms with Crippen LogP contribution in [-0.2, 0) is 6.42 Å². The average Bonchev–Trinajstić information content (AvgIpc) is 3.43. The van der Waals surface area contributed by atoms with Crippen LogP contribution >= 0.6 is 11.6 Å². The number of aliphatic imine (C=N–C) groups is 1.